The summed E-state index contributed by atoms with van der Waals surface area (Å²) in [6.45, 7) is 5.32. The normalized spacial score (nSPS) is 10.2. The summed E-state index contributed by atoms with van der Waals surface area (Å²) in [5, 5.41) is 21.8. The third-order valence-electron chi connectivity index (χ3n) is 6.01. The largest absolute Gasteiger partial charge is 0.496 e. The third kappa shape index (κ3) is 9.98. The first-order chi connectivity index (χ1) is 20.2. The van der Waals surface area contributed by atoms with Crippen LogP contribution in [0.15, 0.2) is 61.3 Å². The number of aromatic nitrogens is 2. The Morgan fingerprint density at radius 1 is 1.10 bits per heavy atom. The second-order valence-corrected chi connectivity index (χ2v) is 9.30. The number of likely N-dealkylation sites (N-methyl/N-ethyl adjacent to an activating group) is 2. The highest BCUT2D eigenvalue weighted by molar-refractivity contribution is 6.07. The number of methoxy groups -OCH3 is 1. The van der Waals surface area contributed by atoms with Crippen molar-refractivity contribution in [2.24, 2.45) is 0 Å². The zero-order valence-corrected chi connectivity index (χ0v) is 24.3. The molecule has 0 bridgehead atoms. The molecule has 0 aliphatic carbocycles. The van der Waals surface area contributed by atoms with Crippen LogP contribution in [0, 0.1) is 0 Å². The summed E-state index contributed by atoms with van der Waals surface area (Å²) < 4.78 is 5.69. The SMILES string of the molecule is C=CC(=O)Nc1cc(Cc2nccc(C(=O)c3ccc(NCCO)cc3)n2)c(OC)cc1N(C)CCN(C)C.O=CO. The molecule has 0 aliphatic heterocycles. The van der Waals surface area contributed by atoms with Gasteiger partial charge < -0.3 is 35.4 Å². The van der Waals surface area contributed by atoms with E-state index < -0.39 is 0 Å². The molecule has 42 heavy (non-hydrogen) atoms. The van der Waals surface area contributed by atoms with Gasteiger partial charge in [-0.3, -0.25) is 14.4 Å². The Balaban J connectivity index is 0.00000197. The average molecular weight is 579 g/mol. The van der Waals surface area contributed by atoms with Gasteiger partial charge in [-0.05, 0) is 56.6 Å². The molecule has 0 atom stereocenters. The quantitative estimate of drug-likeness (QED) is 0.127. The van der Waals surface area contributed by atoms with Crippen molar-refractivity contribution in [1.82, 2.24) is 14.9 Å². The lowest BCUT2D eigenvalue weighted by Crippen LogP contribution is -2.29. The Hall–Kier alpha value is -4.81. The number of anilines is 3. The van der Waals surface area contributed by atoms with Crippen LogP contribution in [0.4, 0.5) is 17.1 Å². The zero-order valence-electron chi connectivity index (χ0n) is 24.3. The van der Waals surface area contributed by atoms with Gasteiger partial charge in [0.1, 0.15) is 17.3 Å². The van der Waals surface area contributed by atoms with Gasteiger partial charge in [-0.25, -0.2) is 9.97 Å². The van der Waals surface area contributed by atoms with Crippen molar-refractivity contribution in [2.75, 3.05) is 70.0 Å². The molecule has 3 rings (SSSR count). The molecule has 0 spiro atoms. The molecular weight excluding hydrogens is 540 g/mol. The number of carbonyl (C=O) groups is 3. The lowest BCUT2D eigenvalue weighted by atomic mass is 10.1. The highest BCUT2D eigenvalue weighted by Crippen LogP contribution is 2.34. The van der Waals surface area contributed by atoms with Crippen LogP contribution in [0.5, 0.6) is 5.75 Å². The summed E-state index contributed by atoms with van der Waals surface area (Å²) in [6.07, 6.45) is 3.07. The first-order valence-corrected chi connectivity index (χ1v) is 13.1. The number of hydrogen-bond acceptors (Lipinski definition) is 10. The Kier molecular flexibility index (Phi) is 13.6. The van der Waals surface area contributed by atoms with Crippen molar-refractivity contribution in [3.05, 3.63) is 84.0 Å². The maximum atomic E-state index is 13.1. The van der Waals surface area contributed by atoms with Crippen LogP contribution in [0.25, 0.3) is 0 Å². The van der Waals surface area contributed by atoms with Crippen molar-refractivity contribution in [2.45, 2.75) is 6.42 Å². The van der Waals surface area contributed by atoms with Crippen molar-refractivity contribution in [3.8, 4) is 5.75 Å². The number of benzene rings is 2. The molecule has 0 saturated heterocycles. The molecule has 3 aromatic rings. The molecule has 12 heteroatoms. The van der Waals surface area contributed by atoms with Crippen LogP contribution in [0.1, 0.15) is 27.4 Å². The second kappa shape index (κ2) is 17.1. The standard InChI is InChI=1S/C29H36N6O4.CH2O2/c1-6-28(37)33-24-17-21(26(39-5)19-25(24)35(4)15-14-34(2)3)18-27-31-12-11-23(32-27)29(38)20-7-9-22(10-8-20)30-13-16-36;2-1-3/h6-12,17,19,30,36H,1,13-16,18H2,2-5H3,(H,33,37);1H,(H,2,3). The lowest BCUT2D eigenvalue weighted by Gasteiger charge is -2.25. The van der Waals surface area contributed by atoms with Gasteiger partial charge in [0.05, 0.1) is 25.1 Å². The van der Waals surface area contributed by atoms with Gasteiger partial charge in [-0.2, -0.15) is 0 Å². The Bertz CT molecular complexity index is 1350. The topological polar surface area (TPSA) is 157 Å². The molecule has 1 amide bonds. The monoisotopic (exact) mass is 578 g/mol. The van der Waals surface area contributed by atoms with E-state index in [1.54, 1.807) is 43.6 Å². The maximum Gasteiger partial charge on any atom is 0.290 e. The number of nitrogens with one attached hydrogen (secondary N) is 2. The van der Waals surface area contributed by atoms with E-state index in [9.17, 15) is 9.59 Å². The van der Waals surface area contributed by atoms with Crippen LogP contribution in [-0.4, -0.2) is 97.7 Å². The van der Waals surface area contributed by atoms with Crippen molar-refractivity contribution in [3.63, 3.8) is 0 Å². The summed E-state index contributed by atoms with van der Waals surface area (Å²) in [7, 11) is 7.55. The molecule has 12 nitrogen and oxygen atoms in total. The molecule has 2 aromatic carbocycles. The predicted molar refractivity (Wildman–Crippen MR) is 163 cm³/mol. The van der Waals surface area contributed by atoms with Gasteiger partial charge in [-0.15, -0.1) is 0 Å². The number of rotatable bonds is 14. The Morgan fingerprint density at radius 2 is 1.79 bits per heavy atom. The minimum atomic E-state index is -0.324. The number of nitrogens with zero attached hydrogens (tertiary/aromatic N) is 4. The van der Waals surface area contributed by atoms with Gasteiger partial charge in [0.25, 0.3) is 6.47 Å². The van der Waals surface area contributed by atoms with E-state index in [2.05, 4.69) is 32.1 Å². The van der Waals surface area contributed by atoms with E-state index in [0.717, 1.165) is 30.0 Å². The number of aliphatic hydroxyl groups excluding tert-OH is 1. The molecular formula is C30H38N6O6. The number of amides is 1. The molecule has 0 radical (unpaired) electrons. The van der Waals surface area contributed by atoms with E-state index in [1.807, 2.05) is 38.2 Å². The highest BCUT2D eigenvalue weighted by Gasteiger charge is 2.18. The number of carboxylic acid groups (broad SMARTS) is 1. The molecule has 4 N–H and O–H groups in total. The first kappa shape index (κ1) is 33.4. The smallest absolute Gasteiger partial charge is 0.290 e. The predicted octanol–water partition coefficient (Wildman–Crippen LogP) is 2.53. The molecule has 0 saturated carbocycles. The van der Waals surface area contributed by atoms with Crippen LogP contribution in [0.3, 0.4) is 0 Å². The Morgan fingerprint density at radius 3 is 2.38 bits per heavy atom. The zero-order chi connectivity index (χ0) is 31.1. The summed E-state index contributed by atoms with van der Waals surface area (Å²) in [5.74, 6) is 0.505. The first-order valence-electron chi connectivity index (χ1n) is 13.1. The fourth-order valence-electron chi connectivity index (χ4n) is 3.88. The second-order valence-electron chi connectivity index (χ2n) is 9.30. The van der Waals surface area contributed by atoms with Gasteiger partial charge >= 0.3 is 0 Å². The lowest BCUT2D eigenvalue weighted by molar-refractivity contribution is -0.122. The summed E-state index contributed by atoms with van der Waals surface area (Å²) in [6, 6.07) is 12.3. The summed E-state index contributed by atoms with van der Waals surface area (Å²) in [5.41, 5.74) is 3.74. The number of aliphatic hydroxyl groups is 1. The Labute approximate surface area is 245 Å². The van der Waals surface area contributed by atoms with Gasteiger partial charge in [0.15, 0.2) is 0 Å². The maximum absolute atomic E-state index is 13.1. The highest BCUT2D eigenvalue weighted by atomic mass is 16.5. The van der Waals surface area contributed by atoms with Crippen molar-refractivity contribution < 1.29 is 29.3 Å². The number of ketones is 1. The van der Waals surface area contributed by atoms with E-state index >= 15 is 0 Å². The molecule has 0 aliphatic rings. The molecule has 224 valence electrons. The minimum Gasteiger partial charge on any atom is -0.496 e. The van der Waals surface area contributed by atoms with E-state index in [1.165, 1.54) is 6.08 Å². The minimum absolute atomic E-state index is 0.0210. The fourth-order valence-corrected chi connectivity index (χ4v) is 3.88. The van der Waals surface area contributed by atoms with Crippen LogP contribution >= 0.6 is 0 Å². The summed E-state index contributed by atoms with van der Waals surface area (Å²) in [4.78, 5) is 46.7. The fraction of sp³-hybridized carbons (Fsp3) is 0.300. The van der Waals surface area contributed by atoms with Gasteiger partial charge in [0.2, 0.25) is 11.7 Å². The van der Waals surface area contributed by atoms with Crippen LogP contribution in [0.2, 0.25) is 0 Å². The van der Waals surface area contributed by atoms with Gasteiger partial charge in [0, 0.05) is 62.2 Å². The number of carbonyl (C=O) groups excluding carboxylic acids is 2. The summed E-state index contributed by atoms with van der Waals surface area (Å²) >= 11 is 0. The van der Waals surface area contributed by atoms with E-state index in [4.69, 9.17) is 19.7 Å². The molecule has 0 fully saturated rings. The van der Waals surface area contributed by atoms with Crippen molar-refractivity contribution in [1.29, 1.82) is 0 Å². The average Bonchev–Trinajstić information content (AvgIpc) is 2.99. The van der Waals surface area contributed by atoms with Crippen LogP contribution in [-0.2, 0) is 16.0 Å². The number of hydrogen-bond donors (Lipinski definition) is 4. The van der Waals surface area contributed by atoms with Gasteiger partial charge in [-0.1, -0.05) is 6.58 Å². The third-order valence-corrected chi connectivity index (χ3v) is 6.01. The molecule has 0 unspecified atom stereocenters. The van der Waals surface area contributed by atoms with E-state index in [-0.39, 0.29) is 36.9 Å². The van der Waals surface area contributed by atoms with Crippen molar-refractivity contribution >= 4 is 35.2 Å². The van der Waals surface area contributed by atoms with E-state index in [0.29, 0.717) is 29.4 Å². The number of ether oxygens (including phenoxy) is 1. The molecule has 1 heterocycles. The molecule has 1 aromatic heterocycles. The van der Waals surface area contributed by atoms with Crippen LogP contribution < -0.4 is 20.3 Å².